The maximum absolute atomic E-state index is 12.9. The van der Waals surface area contributed by atoms with E-state index in [9.17, 15) is 4.79 Å². The first kappa shape index (κ1) is 20.9. The van der Waals surface area contributed by atoms with Crippen LogP contribution < -0.4 is 5.32 Å². The van der Waals surface area contributed by atoms with Gasteiger partial charge in [0.2, 0.25) is 0 Å². The fraction of sp³-hybridized carbons (Fsp3) is 0.381. The summed E-state index contributed by atoms with van der Waals surface area (Å²) < 4.78 is 5.39. The molecule has 0 spiro atoms. The smallest absolute Gasteiger partial charge is 0.322 e. The highest BCUT2D eigenvalue weighted by Gasteiger charge is 2.16. The highest BCUT2D eigenvalue weighted by atomic mass is 35.5. The van der Waals surface area contributed by atoms with Gasteiger partial charge in [0, 0.05) is 38.4 Å². The lowest BCUT2D eigenvalue weighted by atomic mass is 10.2. The van der Waals surface area contributed by atoms with Gasteiger partial charge in [-0.15, -0.1) is 0 Å². The molecule has 0 saturated carbocycles. The minimum absolute atomic E-state index is 0.149. The molecule has 150 valence electrons. The van der Waals surface area contributed by atoms with Crippen molar-refractivity contribution in [1.82, 2.24) is 9.80 Å². The summed E-state index contributed by atoms with van der Waals surface area (Å²) in [6.45, 7) is 5.64. The Bertz CT molecular complexity index is 768. The Balaban J connectivity index is 1.61. The molecule has 28 heavy (non-hydrogen) atoms. The van der Waals surface area contributed by atoms with Crippen LogP contribution in [0.4, 0.5) is 10.5 Å². The number of ether oxygens (including phenoxy) is 1. The van der Waals surface area contributed by atoms with Crippen molar-refractivity contribution in [3.8, 4) is 0 Å². The topological polar surface area (TPSA) is 44.8 Å². The number of benzene rings is 2. The molecule has 1 fully saturated rings. The van der Waals surface area contributed by atoms with Gasteiger partial charge in [0.25, 0.3) is 0 Å². The average molecular weight is 422 g/mol. The van der Waals surface area contributed by atoms with Crippen LogP contribution in [0.3, 0.4) is 0 Å². The normalized spacial score (nSPS) is 14.6. The van der Waals surface area contributed by atoms with E-state index in [1.807, 2.05) is 35.2 Å². The largest absolute Gasteiger partial charge is 0.379 e. The molecule has 2 amide bonds. The van der Waals surface area contributed by atoms with Crippen molar-refractivity contribution < 1.29 is 9.53 Å². The standard InChI is InChI=1S/C21H25Cl2N3O2/c22-19-8-7-18(15-20(19)23)24-21(27)26(16-17-5-2-1-3-6-17)10-4-9-25-11-13-28-14-12-25/h1-3,5-8,15H,4,9-14,16H2,(H,24,27). The van der Waals surface area contributed by atoms with E-state index in [0.717, 1.165) is 44.8 Å². The Morgan fingerprint density at radius 1 is 1.07 bits per heavy atom. The summed E-state index contributed by atoms with van der Waals surface area (Å²) in [4.78, 5) is 17.1. The number of halogens is 2. The lowest BCUT2D eigenvalue weighted by molar-refractivity contribution is 0.0365. The van der Waals surface area contributed by atoms with Gasteiger partial charge in [-0.3, -0.25) is 4.90 Å². The molecule has 1 N–H and O–H groups in total. The van der Waals surface area contributed by atoms with Gasteiger partial charge in [-0.2, -0.15) is 0 Å². The van der Waals surface area contributed by atoms with Gasteiger partial charge in [-0.25, -0.2) is 4.79 Å². The fourth-order valence-electron chi connectivity index (χ4n) is 3.14. The molecule has 0 bridgehead atoms. The maximum Gasteiger partial charge on any atom is 0.322 e. The van der Waals surface area contributed by atoms with E-state index in [2.05, 4.69) is 10.2 Å². The molecule has 0 aromatic heterocycles. The van der Waals surface area contributed by atoms with Crippen LogP contribution in [0.2, 0.25) is 10.0 Å². The Morgan fingerprint density at radius 2 is 1.82 bits per heavy atom. The first-order valence-corrected chi connectivity index (χ1v) is 10.2. The predicted molar refractivity (Wildman–Crippen MR) is 114 cm³/mol. The molecule has 7 heteroatoms. The molecule has 0 aliphatic carbocycles. The number of rotatable bonds is 7. The van der Waals surface area contributed by atoms with E-state index in [4.69, 9.17) is 27.9 Å². The number of carbonyl (C=O) groups is 1. The number of urea groups is 1. The van der Waals surface area contributed by atoms with Gasteiger partial charge >= 0.3 is 6.03 Å². The third kappa shape index (κ3) is 6.38. The van der Waals surface area contributed by atoms with Crippen molar-refractivity contribution >= 4 is 34.9 Å². The summed E-state index contributed by atoms with van der Waals surface area (Å²) in [6, 6.07) is 14.9. The number of morpholine rings is 1. The zero-order valence-corrected chi connectivity index (χ0v) is 17.3. The van der Waals surface area contributed by atoms with Crippen LogP contribution >= 0.6 is 23.2 Å². The summed E-state index contributed by atoms with van der Waals surface area (Å²) in [5.74, 6) is 0. The van der Waals surface area contributed by atoms with Crippen LogP contribution in [0.1, 0.15) is 12.0 Å². The Kier molecular flexibility index (Phi) is 7.98. The van der Waals surface area contributed by atoms with E-state index in [1.54, 1.807) is 18.2 Å². The second kappa shape index (κ2) is 10.7. The first-order chi connectivity index (χ1) is 13.6. The van der Waals surface area contributed by atoms with Crippen LogP contribution in [0, 0.1) is 0 Å². The molecular formula is C21H25Cl2N3O2. The van der Waals surface area contributed by atoms with Crippen molar-refractivity contribution in [3.05, 3.63) is 64.1 Å². The highest BCUT2D eigenvalue weighted by Crippen LogP contribution is 2.25. The Hall–Kier alpha value is -1.79. The summed E-state index contributed by atoms with van der Waals surface area (Å²) in [7, 11) is 0. The minimum Gasteiger partial charge on any atom is -0.379 e. The van der Waals surface area contributed by atoms with E-state index in [-0.39, 0.29) is 6.03 Å². The molecule has 1 saturated heterocycles. The number of hydrogen-bond acceptors (Lipinski definition) is 3. The molecule has 2 aromatic carbocycles. The van der Waals surface area contributed by atoms with E-state index < -0.39 is 0 Å². The molecule has 2 aromatic rings. The SMILES string of the molecule is O=C(Nc1ccc(Cl)c(Cl)c1)N(CCCN1CCOCC1)Cc1ccccc1. The number of hydrogen-bond donors (Lipinski definition) is 1. The third-order valence-corrected chi connectivity index (χ3v) is 5.42. The molecule has 1 aliphatic rings. The van der Waals surface area contributed by atoms with Gasteiger partial charge in [0.15, 0.2) is 0 Å². The highest BCUT2D eigenvalue weighted by molar-refractivity contribution is 6.42. The van der Waals surface area contributed by atoms with Crippen molar-refractivity contribution in [2.45, 2.75) is 13.0 Å². The summed E-state index contributed by atoms with van der Waals surface area (Å²) in [5.41, 5.74) is 1.73. The Labute approximate surface area is 176 Å². The monoisotopic (exact) mass is 421 g/mol. The summed E-state index contributed by atoms with van der Waals surface area (Å²) >= 11 is 12.0. The summed E-state index contributed by atoms with van der Waals surface area (Å²) in [6.07, 6.45) is 0.904. The second-order valence-electron chi connectivity index (χ2n) is 6.77. The molecular weight excluding hydrogens is 397 g/mol. The van der Waals surface area contributed by atoms with Gasteiger partial charge in [0.05, 0.1) is 23.3 Å². The number of amides is 2. The van der Waals surface area contributed by atoms with Gasteiger partial charge < -0.3 is 15.0 Å². The van der Waals surface area contributed by atoms with E-state index in [1.165, 1.54) is 0 Å². The van der Waals surface area contributed by atoms with Gasteiger partial charge in [0.1, 0.15) is 0 Å². The molecule has 0 unspecified atom stereocenters. The predicted octanol–water partition coefficient (Wildman–Crippen LogP) is 4.75. The number of nitrogens with one attached hydrogen (secondary N) is 1. The maximum atomic E-state index is 12.9. The fourth-order valence-corrected chi connectivity index (χ4v) is 3.44. The molecule has 5 nitrogen and oxygen atoms in total. The molecule has 0 atom stereocenters. The average Bonchev–Trinajstić information content (AvgIpc) is 2.71. The number of nitrogens with zero attached hydrogens (tertiary/aromatic N) is 2. The van der Waals surface area contributed by atoms with Crippen LogP contribution in [-0.4, -0.2) is 55.2 Å². The van der Waals surface area contributed by atoms with Crippen molar-refractivity contribution in [3.63, 3.8) is 0 Å². The van der Waals surface area contributed by atoms with Crippen molar-refractivity contribution in [2.75, 3.05) is 44.7 Å². The minimum atomic E-state index is -0.149. The molecule has 0 radical (unpaired) electrons. The van der Waals surface area contributed by atoms with Crippen molar-refractivity contribution in [1.29, 1.82) is 0 Å². The Morgan fingerprint density at radius 3 is 2.54 bits per heavy atom. The summed E-state index contributed by atoms with van der Waals surface area (Å²) in [5, 5.41) is 3.81. The van der Waals surface area contributed by atoms with E-state index in [0.29, 0.717) is 28.8 Å². The number of anilines is 1. The zero-order chi connectivity index (χ0) is 19.8. The molecule has 1 heterocycles. The van der Waals surface area contributed by atoms with Crippen molar-refractivity contribution in [2.24, 2.45) is 0 Å². The van der Waals surface area contributed by atoms with Crippen LogP contribution in [0.5, 0.6) is 0 Å². The second-order valence-corrected chi connectivity index (χ2v) is 7.59. The van der Waals surface area contributed by atoms with Crippen LogP contribution in [0.25, 0.3) is 0 Å². The first-order valence-electron chi connectivity index (χ1n) is 9.47. The lowest BCUT2D eigenvalue weighted by Crippen LogP contribution is -2.40. The lowest BCUT2D eigenvalue weighted by Gasteiger charge is -2.28. The third-order valence-electron chi connectivity index (χ3n) is 4.68. The zero-order valence-electron chi connectivity index (χ0n) is 15.7. The van der Waals surface area contributed by atoms with Crippen LogP contribution in [-0.2, 0) is 11.3 Å². The number of carbonyl (C=O) groups excluding carboxylic acids is 1. The van der Waals surface area contributed by atoms with E-state index >= 15 is 0 Å². The molecule has 1 aliphatic heterocycles. The van der Waals surface area contributed by atoms with Gasteiger partial charge in [-0.05, 0) is 30.2 Å². The van der Waals surface area contributed by atoms with Gasteiger partial charge in [-0.1, -0.05) is 53.5 Å². The van der Waals surface area contributed by atoms with Crippen LogP contribution in [0.15, 0.2) is 48.5 Å². The quantitative estimate of drug-likeness (QED) is 0.701. The molecule has 3 rings (SSSR count).